The summed E-state index contributed by atoms with van der Waals surface area (Å²) in [7, 11) is 1.52. The van der Waals surface area contributed by atoms with Crippen molar-refractivity contribution in [3.05, 3.63) is 10.6 Å². The van der Waals surface area contributed by atoms with Gasteiger partial charge in [0.15, 0.2) is 5.13 Å². The number of methoxy groups -OCH3 is 1. The average molecular weight is 306 g/mol. The molecule has 1 heterocycles. The molecule has 19 heavy (non-hydrogen) atoms. The van der Waals surface area contributed by atoms with Gasteiger partial charge < -0.3 is 15.8 Å². The van der Waals surface area contributed by atoms with Gasteiger partial charge in [-0.15, -0.1) is 23.7 Å². The van der Waals surface area contributed by atoms with E-state index in [4.69, 9.17) is 10.5 Å². The van der Waals surface area contributed by atoms with E-state index in [0.717, 1.165) is 18.5 Å². The van der Waals surface area contributed by atoms with Crippen LogP contribution in [-0.4, -0.2) is 30.6 Å². The zero-order chi connectivity index (χ0) is 13.1. The zero-order valence-electron chi connectivity index (χ0n) is 11.1. The number of nitrogens with one attached hydrogen (secondary N) is 1. The van der Waals surface area contributed by atoms with Crippen LogP contribution in [-0.2, 0) is 22.4 Å². The van der Waals surface area contributed by atoms with E-state index in [0.29, 0.717) is 11.0 Å². The number of nitrogens with zero attached hydrogens (tertiary/aromatic N) is 1. The smallest absolute Gasteiger partial charge is 0.245 e. The second-order valence-electron chi connectivity index (χ2n) is 4.79. The fourth-order valence-corrected chi connectivity index (χ4v) is 3.22. The first-order chi connectivity index (χ1) is 8.60. The van der Waals surface area contributed by atoms with E-state index in [1.165, 1.54) is 18.4 Å². The van der Waals surface area contributed by atoms with Crippen LogP contribution in [0.1, 0.15) is 23.9 Å². The molecule has 0 saturated heterocycles. The number of nitrogens with two attached hydrogens (primary N) is 1. The van der Waals surface area contributed by atoms with Crippen LogP contribution in [0.4, 0.5) is 5.13 Å². The first-order valence-corrected chi connectivity index (χ1v) is 6.95. The molecule has 2 unspecified atom stereocenters. The number of carbonyl (C=O) groups is 1. The summed E-state index contributed by atoms with van der Waals surface area (Å²) in [6.45, 7) is 2.46. The molecule has 0 aliphatic heterocycles. The van der Waals surface area contributed by atoms with Crippen molar-refractivity contribution >= 4 is 34.8 Å². The lowest BCUT2D eigenvalue weighted by Gasteiger charge is -2.15. The molecule has 0 bridgehead atoms. The third-order valence-electron chi connectivity index (χ3n) is 3.10. The molecule has 0 fully saturated rings. The number of rotatable bonds is 4. The summed E-state index contributed by atoms with van der Waals surface area (Å²) in [4.78, 5) is 17.5. The normalized spacial score (nSPS) is 19.2. The highest BCUT2D eigenvalue weighted by Crippen LogP contribution is 2.32. The number of hydrogen-bond acceptors (Lipinski definition) is 5. The number of thiazole rings is 1. The minimum atomic E-state index is -0.644. The predicted molar refractivity (Wildman–Crippen MR) is 79.0 cm³/mol. The van der Waals surface area contributed by atoms with Crippen molar-refractivity contribution in [1.82, 2.24) is 4.98 Å². The Labute approximate surface area is 123 Å². The lowest BCUT2D eigenvalue weighted by molar-refractivity contribution is -0.118. The molecule has 7 heteroatoms. The minimum absolute atomic E-state index is 0. The molecular formula is C12H20ClN3O2S. The van der Waals surface area contributed by atoms with Crippen molar-refractivity contribution in [3.8, 4) is 0 Å². The highest BCUT2D eigenvalue weighted by molar-refractivity contribution is 7.15. The number of ether oxygens (including phenoxy) is 1. The third kappa shape index (κ3) is 4.14. The van der Waals surface area contributed by atoms with Gasteiger partial charge in [-0.05, 0) is 25.2 Å². The Hall–Kier alpha value is -0.690. The van der Waals surface area contributed by atoms with Crippen molar-refractivity contribution in [3.63, 3.8) is 0 Å². The maximum absolute atomic E-state index is 11.7. The summed E-state index contributed by atoms with van der Waals surface area (Å²) in [6.07, 6.45) is 3.24. The standard InChI is InChI=1S/C12H19N3O2S.ClH/c1-7-3-4-9-10(5-7)18-12(14-9)15-11(16)8(13)6-17-2;/h7-8H,3-6,13H2,1-2H3,(H,14,15,16);1H. The Balaban J connectivity index is 0.00000180. The molecule has 1 aliphatic rings. The average Bonchev–Trinajstić information content (AvgIpc) is 2.70. The second-order valence-corrected chi connectivity index (χ2v) is 5.87. The monoisotopic (exact) mass is 305 g/mol. The summed E-state index contributed by atoms with van der Waals surface area (Å²) in [5.74, 6) is 0.466. The van der Waals surface area contributed by atoms with Crippen LogP contribution in [0.5, 0.6) is 0 Å². The molecule has 1 amide bonds. The molecule has 1 aromatic rings. The lowest BCUT2D eigenvalue weighted by atomic mass is 9.93. The van der Waals surface area contributed by atoms with E-state index >= 15 is 0 Å². The number of aryl methyl sites for hydroxylation is 1. The molecule has 3 N–H and O–H groups in total. The lowest BCUT2D eigenvalue weighted by Crippen LogP contribution is -2.39. The van der Waals surface area contributed by atoms with E-state index in [2.05, 4.69) is 17.2 Å². The van der Waals surface area contributed by atoms with Crippen LogP contribution in [0, 0.1) is 5.92 Å². The van der Waals surface area contributed by atoms with Gasteiger partial charge in [0.2, 0.25) is 5.91 Å². The topological polar surface area (TPSA) is 77.2 Å². The molecule has 108 valence electrons. The molecule has 0 radical (unpaired) electrons. The van der Waals surface area contributed by atoms with Gasteiger partial charge in [0.1, 0.15) is 6.04 Å². The highest BCUT2D eigenvalue weighted by atomic mass is 35.5. The first-order valence-electron chi connectivity index (χ1n) is 6.14. The number of anilines is 1. The molecule has 5 nitrogen and oxygen atoms in total. The number of amides is 1. The van der Waals surface area contributed by atoms with E-state index in [-0.39, 0.29) is 24.9 Å². The maximum Gasteiger partial charge on any atom is 0.245 e. The molecule has 1 aromatic heterocycles. The van der Waals surface area contributed by atoms with Crippen molar-refractivity contribution in [2.75, 3.05) is 19.0 Å². The summed E-state index contributed by atoms with van der Waals surface area (Å²) >= 11 is 1.56. The predicted octanol–water partition coefficient (Wildman–Crippen LogP) is 1.60. The number of halogens is 1. The van der Waals surface area contributed by atoms with E-state index in [1.807, 2.05) is 0 Å². The van der Waals surface area contributed by atoms with Crippen LogP contribution < -0.4 is 11.1 Å². The molecule has 2 rings (SSSR count). The second kappa shape index (κ2) is 7.19. The largest absolute Gasteiger partial charge is 0.383 e. The van der Waals surface area contributed by atoms with Gasteiger partial charge in [-0.2, -0.15) is 0 Å². The SMILES string of the molecule is COCC(N)C(=O)Nc1nc2c(s1)CC(C)CC2.Cl. The van der Waals surface area contributed by atoms with Crippen molar-refractivity contribution in [2.45, 2.75) is 32.2 Å². The fraction of sp³-hybridized carbons (Fsp3) is 0.667. The number of hydrogen-bond donors (Lipinski definition) is 2. The molecular weight excluding hydrogens is 286 g/mol. The van der Waals surface area contributed by atoms with Gasteiger partial charge in [-0.3, -0.25) is 4.79 Å². The third-order valence-corrected chi connectivity index (χ3v) is 4.13. The van der Waals surface area contributed by atoms with Gasteiger partial charge in [0, 0.05) is 12.0 Å². The number of fused-ring (bicyclic) bond motifs is 1. The number of aromatic nitrogens is 1. The summed E-state index contributed by atoms with van der Waals surface area (Å²) < 4.78 is 4.85. The van der Waals surface area contributed by atoms with Crippen LogP contribution in [0.25, 0.3) is 0 Å². The van der Waals surface area contributed by atoms with Crippen molar-refractivity contribution in [2.24, 2.45) is 11.7 Å². The van der Waals surface area contributed by atoms with Crippen LogP contribution in [0.15, 0.2) is 0 Å². The summed E-state index contributed by atoms with van der Waals surface area (Å²) in [5, 5.41) is 3.42. The Morgan fingerprint density at radius 1 is 1.68 bits per heavy atom. The van der Waals surface area contributed by atoms with E-state index in [1.54, 1.807) is 11.3 Å². The van der Waals surface area contributed by atoms with Gasteiger partial charge in [-0.25, -0.2) is 4.98 Å². The summed E-state index contributed by atoms with van der Waals surface area (Å²) in [6, 6.07) is -0.644. The Bertz CT molecular complexity index is 439. The highest BCUT2D eigenvalue weighted by Gasteiger charge is 2.21. The molecule has 2 atom stereocenters. The first kappa shape index (κ1) is 16.4. The Morgan fingerprint density at radius 2 is 2.42 bits per heavy atom. The molecule has 0 aromatic carbocycles. The van der Waals surface area contributed by atoms with Gasteiger partial charge in [-0.1, -0.05) is 6.92 Å². The molecule has 0 spiro atoms. The van der Waals surface area contributed by atoms with Crippen LogP contribution in [0.3, 0.4) is 0 Å². The van der Waals surface area contributed by atoms with Crippen molar-refractivity contribution < 1.29 is 9.53 Å². The Kier molecular flexibility index (Phi) is 6.19. The Morgan fingerprint density at radius 3 is 3.11 bits per heavy atom. The summed E-state index contributed by atoms with van der Waals surface area (Å²) in [5.41, 5.74) is 6.79. The van der Waals surface area contributed by atoms with E-state index in [9.17, 15) is 4.79 Å². The number of carbonyl (C=O) groups excluding carboxylic acids is 1. The zero-order valence-corrected chi connectivity index (χ0v) is 12.8. The van der Waals surface area contributed by atoms with Gasteiger partial charge in [0.25, 0.3) is 0 Å². The quantitative estimate of drug-likeness (QED) is 0.886. The van der Waals surface area contributed by atoms with Crippen molar-refractivity contribution in [1.29, 1.82) is 0 Å². The van der Waals surface area contributed by atoms with E-state index < -0.39 is 6.04 Å². The molecule has 1 aliphatic carbocycles. The van der Waals surface area contributed by atoms with Gasteiger partial charge in [0.05, 0.1) is 12.3 Å². The maximum atomic E-state index is 11.7. The molecule has 0 saturated carbocycles. The fourth-order valence-electron chi connectivity index (χ4n) is 2.05. The minimum Gasteiger partial charge on any atom is -0.383 e. The van der Waals surface area contributed by atoms with Crippen LogP contribution >= 0.6 is 23.7 Å². The van der Waals surface area contributed by atoms with Crippen LogP contribution in [0.2, 0.25) is 0 Å². The van der Waals surface area contributed by atoms with Gasteiger partial charge >= 0.3 is 0 Å².